The van der Waals surface area contributed by atoms with Gasteiger partial charge in [-0.3, -0.25) is 9.78 Å². The van der Waals surface area contributed by atoms with Crippen LogP contribution in [0.2, 0.25) is 0 Å². The molecule has 3 aromatic carbocycles. The molecule has 1 radical (unpaired) electrons. The standard InChI is InChI=1S/C28H31N2.C15H28O2.Ir/c1-16(2)27-29-25(21-13-18(4)14-22(15-21)28(6,7)8)23-10-9-20-12-17(3)11-19(5)24(20)26(23)30-27;1-7-14(5,8-2)12(16)11-13(17)15(6,9-3)10-4;/h9-12,14-16H,1-8H3;11,16H,7-10H2,1-6H3;/q-1;;/b;12-11-;. The Hall–Kier alpha value is -2.88. The van der Waals surface area contributed by atoms with Crippen molar-refractivity contribution in [3.05, 3.63) is 82.4 Å². The van der Waals surface area contributed by atoms with Crippen LogP contribution in [-0.2, 0) is 30.3 Å². The van der Waals surface area contributed by atoms with E-state index >= 15 is 0 Å². The predicted octanol–water partition coefficient (Wildman–Crippen LogP) is 12.2. The molecule has 48 heavy (non-hydrogen) atoms. The summed E-state index contributed by atoms with van der Waals surface area (Å²) in [7, 11) is 0. The van der Waals surface area contributed by atoms with Crippen LogP contribution in [0.25, 0.3) is 32.9 Å². The first-order valence-corrected chi connectivity index (χ1v) is 17.6. The van der Waals surface area contributed by atoms with E-state index in [-0.39, 0.29) is 53.8 Å². The Balaban J connectivity index is 0.000000384. The fourth-order valence-electron chi connectivity index (χ4n) is 5.89. The van der Waals surface area contributed by atoms with E-state index < -0.39 is 0 Å². The summed E-state index contributed by atoms with van der Waals surface area (Å²) in [4.78, 5) is 22.3. The first kappa shape index (κ1) is 41.3. The molecule has 263 valence electrons. The van der Waals surface area contributed by atoms with E-state index in [1.807, 2.05) is 41.5 Å². The minimum atomic E-state index is -0.337. The predicted molar refractivity (Wildman–Crippen MR) is 201 cm³/mol. The van der Waals surface area contributed by atoms with Gasteiger partial charge in [-0.05, 0) is 67.0 Å². The fourth-order valence-corrected chi connectivity index (χ4v) is 5.89. The van der Waals surface area contributed by atoms with E-state index in [0.29, 0.717) is 0 Å². The summed E-state index contributed by atoms with van der Waals surface area (Å²) in [5, 5.41) is 13.7. The van der Waals surface area contributed by atoms with E-state index in [9.17, 15) is 9.90 Å². The van der Waals surface area contributed by atoms with Crippen molar-refractivity contribution < 1.29 is 30.0 Å². The zero-order valence-electron chi connectivity index (χ0n) is 32.0. The van der Waals surface area contributed by atoms with Gasteiger partial charge in [0.05, 0.1) is 5.52 Å². The Labute approximate surface area is 304 Å². The SMILES string of the molecule is CCC(C)(CC)C(=O)/C=C(\O)C(C)(CC)CC.Cc1[c-]c(-c2nc(C(C)C)nc3c2ccc2cc(C)cc(C)c23)cc(C(C)(C)C)c1.[Ir]. The van der Waals surface area contributed by atoms with Gasteiger partial charge in [0.2, 0.25) is 0 Å². The fraction of sp³-hybridized carbons (Fsp3) is 0.512. The molecule has 0 saturated carbocycles. The number of aryl methyl sites for hydroxylation is 3. The number of ketones is 1. The third-order valence-corrected chi connectivity index (χ3v) is 10.4. The smallest absolute Gasteiger partial charge is 0.164 e. The summed E-state index contributed by atoms with van der Waals surface area (Å²) in [6.45, 7) is 29.6. The van der Waals surface area contributed by atoms with E-state index in [2.05, 4.69) is 97.9 Å². The number of rotatable bonds is 9. The topological polar surface area (TPSA) is 63.1 Å². The summed E-state index contributed by atoms with van der Waals surface area (Å²) in [6.07, 6.45) is 4.75. The number of fused-ring (bicyclic) bond motifs is 3. The van der Waals surface area contributed by atoms with Gasteiger partial charge in [-0.25, -0.2) is 4.98 Å². The number of hydrogen-bond acceptors (Lipinski definition) is 4. The average molecular weight is 828 g/mol. The van der Waals surface area contributed by atoms with Gasteiger partial charge in [0, 0.05) is 48.3 Å². The van der Waals surface area contributed by atoms with Gasteiger partial charge in [0.15, 0.2) is 5.78 Å². The van der Waals surface area contributed by atoms with Crippen LogP contribution < -0.4 is 0 Å². The van der Waals surface area contributed by atoms with Gasteiger partial charge in [-0.1, -0.05) is 113 Å². The molecule has 0 amide bonds. The molecule has 5 heteroatoms. The Bertz CT molecular complexity index is 1770. The monoisotopic (exact) mass is 828 g/mol. The van der Waals surface area contributed by atoms with Crippen molar-refractivity contribution in [1.82, 2.24) is 9.97 Å². The molecule has 4 aromatic rings. The zero-order chi connectivity index (χ0) is 35.5. The normalized spacial score (nSPS) is 12.6. The van der Waals surface area contributed by atoms with E-state index in [1.54, 1.807) is 0 Å². The Kier molecular flexibility index (Phi) is 14.0. The third-order valence-electron chi connectivity index (χ3n) is 10.4. The first-order valence-electron chi connectivity index (χ1n) is 17.6. The van der Waals surface area contributed by atoms with Gasteiger partial charge >= 0.3 is 0 Å². The molecular weight excluding hydrogens is 769 g/mol. The molecule has 4 nitrogen and oxygen atoms in total. The molecule has 0 atom stereocenters. The summed E-state index contributed by atoms with van der Waals surface area (Å²) in [5.74, 6) is 1.42. The van der Waals surface area contributed by atoms with Crippen LogP contribution in [0.1, 0.15) is 136 Å². The molecule has 0 aliphatic rings. The molecule has 0 unspecified atom stereocenters. The van der Waals surface area contributed by atoms with Gasteiger partial charge in [0.1, 0.15) is 11.6 Å². The number of aliphatic hydroxyl groups excluding tert-OH is 1. The van der Waals surface area contributed by atoms with Crippen molar-refractivity contribution in [2.75, 3.05) is 0 Å². The number of carbonyl (C=O) groups is 1. The van der Waals surface area contributed by atoms with Crippen LogP contribution in [-0.4, -0.2) is 20.9 Å². The number of hydrogen-bond donors (Lipinski definition) is 1. The zero-order valence-corrected chi connectivity index (χ0v) is 34.4. The van der Waals surface area contributed by atoms with Crippen LogP contribution in [0.4, 0.5) is 0 Å². The molecule has 1 aromatic heterocycles. The summed E-state index contributed by atoms with van der Waals surface area (Å²) < 4.78 is 0. The van der Waals surface area contributed by atoms with Crippen molar-refractivity contribution in [2.45, 2.75) is 134 Å². The van der Waals surface area contributed by atoms with E-state index in [1.165, 1.54) is 33.5 Å². The largest absolute Gasteiger partial charge is 0.512 e. The number of carbonyl (C=O) groups excluding carboxylic acids is 1. The van der Waals surface area contributed by atoms with Gasteiger partial charge in [-0.2, -0.15) is 0 Å². The summed E-state index contributed by atoms with van der Waals surface area (Å²) in [6, 6.07) is 16.9. The Morgan fingerprint density at radius 2 is 1.44 bits per heavy atom. The van der Waals surface area contributed by atoms with Crippen molar-refractivity contribution >= 4 is 27.5 Å². The maximum Gasteiger partial charge on any atom is 0.164 e. The van der Waals surface area contributed by atoms with Crippen LogP contribution in [0.3, 0.4) is 0 Å². The second kappa shape index (κ2) is 16.2. The van der Waals surface area contributed by atoms with Gasteiger partial charge in [-0.15, -0.1) is 34.9 Å². The quantitative estimate of drug-likeness (QED) is 0.0790. The summed E-state index contributed by atoms with van der Waals surface area (Å²) in [5.41, 5.74) is 7.54. The molecule has 0 aliphatic carbocycles. The molecule has 1 heterocycles. The minimum absolute atomic E-state index is 0. The van der Waals surface area contributed by atoms with Crippen LogP contribution >= 0.6 is 0 Å². The number of aromatic nitrogens is 2. The number of aliphatic hydroxyl groups is 1. The Morgan fingerprint density at radius 3 is 1.96 bits per heavy atom. The molecule has 0 aliphatic heterocycles. The maximum absolute atomic E-state index is 12.2. The molecule has 0 bridgehead atoms. The van der Waals surface area contributed by atoms with E-state index in [4.69, 9.17) is 9.97 Å². The molecule has 0 saturated heterocycles. The molecular formula is C43H59IrN2O2-. The molecule has 4 rings (SSSR count). The van der Waals surface area contributed by atoms with Crippen molar-refractivity contribution in [3.63, 3.8) is 0 Å². The first-order chi connectivity index (χ1) is 21.8. The molecule has 0 fully saturated rings. The van der Waals surface area contributed by atoms with Crippen molar-refractivity contribution in [2.24, 2.45) is 10.8 Å². The second-order valence-corrected chi connectivity index (χ2v) is 15.4. The molecule has 1 N–H and O–H groups in total. The van der Waals surface area contributed by atoms with Crippen LogP contribution in [0.5, 0.6) is 0 Å². The van der Waals surface area contributed by atoms with Crippen LogP contribution in [0, 0.1) is 37.7 Å². The summed E-state index contributed by atoms with van der Waals surface area (Å²) >= 11 is 0. The number of allylic oxidation sites excluding steroid dienone is 2. The number of benzene rings is 3. The van der Waals surface area contributed by atoms with Crippen LogP contribution in [0.15, 0.2) is 48.2 Å². The second-order valence-electron chi connectivity index (χ2n) is 15.4. The van der Waals surface area contributed by atoms with Gasteiger partial charge in [0.25, 0.3) is 0 Å². The Morgan fingerprint density at radius 1 is 0.854 bits per heavy atom. The molecule has 0 spiro atoms. The number of nitrogens with zero attached hydrogens (tertiary/aromatic N) is 2. The minimum Gasteiger partial charge on any atom is -0.512 e. The maximum atomic E-state index is 12.2. The average Bonchev–Trinajstić information content (AvgIpc) is 3.02. The van der Waals surface area contributed by atoms with Crippen molar-refractivity contribution in [3.8, 4) is 11.3 Å². The third kappa shape index (κ3) is 9.01. The van der Waals surface area contributed by atoms with Crippen molar-refractivity contribution in [1.29, 1.82) is 0 Å². The van der Waals surface area contributed by atoms with Gasteiger partial charge < -0.3 is 5.11 Å². The van der Waals surface area contributed by atoms with E-state index in [0.717, 1.165) is 59.2 Å².